The first-order valence-electron chi connectivity index (χ1n) is 5.74. The molecule has 0 aliphatic heterocycles. The maximum Gasteiger partial charge on any atom is 0.256 e. The molecule has 0 radical (unpaired) electrons. The van der Waals surface area contributed by atoms with Crippen molar-refractivity contribution < 1.29 is 4.79 Å². The Balaban J connectivity index is 2.24. The number of carbonyl (C=O) groups is 1. The van der Waals surface area contributed by atoms with Crippen molar-refractivity contribution in [2.75, 3.05) is 5.32 Å². The van der Waals surface area contributed by atoms with Gasteiger partial charge in [-0.2, -0.15) is 0 Å². The molecule has 2 nitrogen and oxygen atoms in total. The standard InChI is InChI=1S/C15H15NOS/c1-10-7-11(2)9-12(8-10)16-15(17)13-5-3-4-6-14(13)18/h3-9,18H,1-2H3,(H,16,17). The lowest BCUT2D eigenvalue weighted by Gasteiger charge is -2.08. The van der Waals surface area contributed by atoms with E-state index in [1.165, 1.54) is 0 Å². The third kappa shape index (κ3) is 2.93. The molecule has 2 aromatic rings. The van der Waals surface area contributed by atoms with Crippen molar-refractivity contribution in [1.82, 2.24) is 0 Å². The van der Waals surface area contributed by atoms with E-state index < -0.39 is 0 Å². The van der Waals surface area contributed by atoms with Gasteiger partial charge in [0.2, 0.25) is 0 Å². The van der Waals surface area contributed by atoms with E-state index >= 15 is 0 Å². The van der Waals surface area contributed by atoms with E-state index in [4.69, 9.17) is 0 Å². The predicted octanol–water partition coefficient (Wildman–Crippen LogP) is 3.84. The highest BCUT2D eigenvalue weighted by molar-refractivity contribution is 7.80. The van der Waals surface area contributed by atoms with Gasteiger partial charge < -0.3 is 5.32 Å². The minimum Gasteiger partial charge on any atom is -0.322 e. The van der Waals surface area contributed by atoms with Gasteiger partial charge in [0.1, 0.15) is 0 Å². The molecule has 18 heavy (non-hydrogen) atoms. The van der Waals surface area contributed by atoms with Crippen molar-refractivity contribution in [3.05, 3.63) is 59.2 Å². The zero-order valence-corrected chi connectivity index (χ0v) is 11.3. The average Bonchev–Trinajstić information content (AvgIpc) is 2.27. The smallest absolute Gasteiger partial charge is 0.256 e. The summed E-state index contributed by atoms with van der Waals surface area (Å²) in [6, 6.07) is 13.2. The van der Waals surface area contributed by atoms with Gasteiger partial charge in [-0.1, -0.05) is 18.2 Å². The minimum atomic E-state index is -0.134. The SMILES string of the molecule is Cc1cc(C)cc(NC(=O)c2ccccc2S)c1. The van der Waals surface area contributed by atoms with Crippen LogP contribution in [0.1, 0.15) is 21.5 Å². The van der Waals surface area contributed by atoms with Gasteiger partial charge in [0, 0.05) is 10.6 Å². The second kappa shape index (κ2) is 5.27. The third-order valence-electron chi connectivity index (χ3n) is 2.63. The molecule has 0 heterocycles. The van der Waals surface area contributed by atoms with Crippen molar-refractivity contribution in [3.8, 4) is 0 Å². The van der Waals surface area contributed by atoms with Gasteiger partial charge in [-0.3, -0.25) is 4.79 Å². The molecular weight excluding hydrogens is 242 g/mol. The Morgan fingerprint density at radius 1 is 1.06 bits per heavy atom. The highest BCUT2D eigenvalue weighted by Gasteiger charge is 2.09. The maximum absolute atomic E-state index is 12.1. The first-order valence-corrected chi connectivity index (χ1v) is 6.18. The summed E-state index contributed by atoms with van der Waals surface area (Å²) >= 11 is 4.28. The van der Waals surface area contributed by atoms with Crippen LogP contribution in [0.25, 0.3) is 0 Å². The van der Waals surface area contributed by atoms with Crippen LogP contribution in [0.2, 0.25) is 0 Å². The fourth-order valence-corrected chi connectivity index (χ4v) is 2.17. The molecule has 3 heteroatoms. The number of carbonyl (C=O) groups excluding carboxylic acids is 1. The van der Waals surface area contributed by atoms with Gasteiger partial charge in [0.15, 0.2) is 0 Å². The van der Waals surface area contributed by atoms with Gasteiger partial charge in [-0.25, -0.2) is 0 Å². The van der Waals surface area contributed by atoms with Crippen LogP contribution in [0.4, 0.5) is 5.69 Å². The third-order valence-corrected chi connectivity index (χ3v) is 3.02. The van der Waals surface area contributed by atoms with Crippen LogP contribution in [-0.4, -0.2) is 5.91 Å². The number of rotatable bonds is 2. The average molecular weight is 257 g/mol. The Morgan fingerprint density at radius 2 is 1.67 bits per heavy atom. The molecule has 0 atom stereocenters. The van der Waals surface area contributed by atoms with Crippen molar-refractivity contribution in [2.45, 2.75) is 18.7 Å². The number of thiol groups is 1. The monoisotopic (exact) mass is 257 g/mol. The molecule has 0 aliphatic rings. The van der Waals surface area contributed by atoms with Crippen LogP contribution >= 0.6 is 12.6 Å². The highest BCUT2D eigenvalue weighted by Crippen LogP contribution is 2.17. The van der Waals surface area contributed by atoms with E-state index in [1.54, 1.807) is 12.1 Å². The molecule has 0 saturated carbocycles. The van der Waals surface area contributed by atoms with E-state index in [0.717, 1.165) is 16.8 Å². The van der Waals surface area contributed by atoms with E-state index in [-0.39, 0.29) is 5.91 Å². The van der Waals surface area contributed by atoms with Crippen molar-refractivity contribution in [2.24, 2.45) is 0 Å². The van der Waals surface area contributed by atoms with Gasteiger partial charge in [0.05, 0.1) is 5.56 Å². The Kier molecular flexibility index (Phi) is 3.72. The zero-order chi connectivity index (χ0) is 13.1. The molecule has 0 aromatic heterocycles. The van der Waals surface area contributed by atoms with E-state index in [0.29, 0.717) is 10.5 Å². The Labute approximate surface area is 112 Å². The molecule has 2 aromatic carbocycles. The normalized spacial score (nSPS) is 10.2. The van der Waals surface area contributed by atoms with E-state index in [1.807, 2.05) is 38.1 Å². The summed E-state index contributed by atoms with van der Waals surface area (Å²) in [5.41, 5.74) is 3.66. The molecule has 0 saturated heterocycles. The van der Waals surface area contributed by atoms with Gasteiger partial charge in [-0.05, 0) is 49.2 Å². The number of hydrogen-bond acceptors (Lipinski definition) is 2. The summed E-state index contributed by atoms with van der Waals surface area (Å²) in [7, 11) is 0. The van der Waals surface area contributed by atoms with E-state index in [9.17, 15) is 4.79 Å². The number of aryl methyl sites for hydroxylation is 2. The number of hydrogen-bond donors (Lipinski definition) is 2. The molecule has 0 bridgehead atoms. The predicted molar refractivity (Wildman–Crippen MR) is 77.6 cm³/mol. The quantitative estimate of drug-likeness (QED) is 0.786. The lowest BCUT2D eigenvalue weighted by molar-refractivity contribution is 0.102. The number of benzene rings is 2. The fourth-order valence-electron chi connectivity index (χ4n) is 1.91. The molecular formula is C15H15NOS. The second-order valence-electron chi connectivity index (χ2n) is 4.35. The van der Waals surface area contributed by atoms with Crippen LogP contribution < -0.4 is 5.32 Å². The molecule has 0 fully saturated rings. The lowest BCUT2D eigenvalue weighted by Crippen LogP contribution is -2.12. The molecule has 0 aliphatic carbocycles. The summed E-state index contributed by atoms with van der Waals surface area (Å²) in [4.78, 5) is 12.8. The molecule has 0 unspecified atom stereocenters. The van der Waals surface area contributed by atoms with Crippen LogP contribution in [0.15, 0.2) is 47.4 Å². The Morgan fingerprint density at radius 3 is 2.28 bits per heavy atom. The Bertz CT molecular complexity index is 573. The van der Waals surface area contributed by atoms with Crippen LogP contribution in [0.5, 0.6) is 0 Å². The first-order chi connectivity index (χ1) is 8.56. The van der Waals surface area contributed by atoms with Crippen molar-refractivity contribution >= 4 is 24.2 Å². The summed E-state index contributed by atoms with van der Waals surface area (Å²) in [5, 5.41) is 2.89. The van der Waals surface area contributed by atoms with Crippen LogP contribution in [0.3, 0.4) is 0 Å². The van der Waals surface area contributed by atoms with Crippen LogP contribution in [0, 0.1) is 13.8 Å². The highest BCUT2D eigenvalue weighted by atomic mass is 32.1. The molecule has 92 valence electrons. The Hall–Kier alpha value is -1.74. The second-order valence-corrected chi connectivity index (χ2v) is 4.83. The number of amides is 1. The minimum absolute atomic E-state index is 0.134. The van der Waals surface area contributed by atoms with Crippen molar-refractivity contribution in [3.63, 3.8) is 0 Å². The van der Waals surface area contributed by atoms with Crippen LogP contribution in [-0.2, 0) is 0 Å². The largest absolute Gasteiger partial charge is 0.322 e. The van der Waals surface area contributed by atoms with E-state index in [2.05, 4.69) is 24.0 Å². The molecule has 1 N–H and O–H groups in total. The topological polar surface area (TPSA) is 29.1 Å². The molecule has 1 amide bonds. The lowest BCUT2D eigenvalue weighted by atomic mass is 10.1. The molecule has 2 rings (SSSR count). The first kappa shape index (κ1) is 12.7. The maximum atomic E-state index is 12.1. The zero-order valence-electron chi connectivity index (χ0n) is 10.4. The van der Waals surface area contributed by atoms with Crippen molar-refractivity contribution in [1.29, 1.82) is 0 Å². The van der Waals surface area contributed by atoms with Gasteiger partial charge in [-0.15, -0.1) is 12.6 Å². The number of anilines is 1. The summed E-state index contributed by atoms with van der Waals surface area (Å²) in [6.45, 7) is 4.02. The summed E-state index contributed by atoms with van der Waals surface area (Å²) < 4.78 is 0. The summed E-state index contributed by atoms with van der Waals surface area (Å²) in [5.74, 6) is -0.134. The van der Waals surface area contributed by atoms with Gasteiger partial charge in [0.25, 0.3) is 5.91 Å². The van der Waals surface area contributed by atoms with Gasteiger partial charge >= 0.3 is 0 Å². The molecule has 0 spiro atoms. The summed E-state index contributed by atoms with van der Waals surface area (Å²) in [6.07, 6.45) is 0. The fraction of sp³-hybridized carbons (Fsp3) is 0.133. The number of nitrogens with one attached hydrogen (secondary N) is 1.